The zero-order valence-corrected chi connectivity index (χ0v) is 18.9. The summed E-state index contributed by atoms with van der Waals surface area (Å²) >= 11 is 0. The van der Waals surface area contributed by atoms with Gasteiger partial charge in [-0.2, -0.15) is 0 Å². The SMILES string of the molecule is COC1O[C@@H](COC(=O)c2ccccc2)C(OC(=O)c2ccccc2)[C@@H]1OC(=O)c1ccccc1. The smallest absolute Gasteiger partial charge is 0.338 e. The van der Waals surface area contributed by atoms with E-state index >= 15 is 0 Å². The summed E-state index contributed by atoms with van der Waals surface area (Å²) in [6.45, 7) is -0.250. The van der Waals surface area contributed by atoms with E-state index in [0.29, 0.717) is 16.7 Å². The molecule has 8 heteroatoms. The molecule has 4 atom stereocenters. The first kappa shape index (κ1) is 24.1. The normalized spacial score (nSPS) is 21.2. The van der Waals surface area contributed by atoms with E-state index < -0.39 is 42.5 Å². The van der Waals surface area contributed by atoms with Crippen molar-refractivity contribution in [2.75, 3.05) is 13.7 Å². The highest BCUT2D eigenvalue weighted by Gasteiger charge is 2.50. The summed E-state index contributed by atoms with van der Waals surface area (Å²) in [5.41, 5.74) is 0.981. The van der Waals surface area contributed by atoms with Crippen molar-refractivity contribution in [1.29, 1.82) is 0 Å². The maximum Gasteiger partial charge on any atom is 0.338 e. The summed E-state index contributed by atoms with van der Waals surface area (Å²) in [5, 5.41) is 0. The third-order valence-corrected chi connectivity index (χ3v) is 5.39. The summed E-state index contributed by atoms with van der Waals surface area (Å²) < 4.78 is 28.0. The van der Waals surface area contributed by atoms with Crippen LogP contribution in [0.25, 0.3) is 0 Å². The van der Waals surface area contributed by atoms with Crippen LogP contribution < -0.4 is 0 Å². The van der Waals surface area contributed by atoms with Gasteiger partial charge in [-0.05, 0) is 36.4 Å². The minimum atomic E-state index is -1.10. The fourth-order valence-electron chi connectivity index (χ4n) is 3.63. The quantitative estimate of drug-likeness (QED) is 0.359. The predicted octanol–water partition coefficient (Wildman–Crippen LogP) is 3.67. The lowest BCUT2D eigenvalue weighted by Crippen LogP contribution is -2.42. The topological polar surface area (TPSA) is 97.4 Å². The lowest BCUT2D eigenvalue weighted by atomic mass is 10.1. The summed E-state index contributed by atoms with van der Waals surface area (Å²) in [6, 6.07) is 25.2. The Kier molecular flexibility index (Phi) is 7.87. The number of esters is 3. The molecule has 0 saturated carbocycles. The first-order valence-corrected chi connectivity index (χ1v) is 11.0. The molecule has 0 aromatic heterocycles. The predicted molar refractivity (Wildman–Crippen MR) is 124 cm³/mol. The molecule has 3 aromatic rings. The molecular weight excluding hydrogens is 452 g/mol. The van der Waals surface area contributed by atoms with Gasteiger partial charge in [-0.3, -0.25) is 0 Å². The second-order valence-corrected chi connectivity index (χ2v) is 7.72. The largest absolute Gasteiger partial charge is 0.459 e. The molecule has 2 unspecified atom stereocenters. The van der Waals surface area contributed by atoms with Gasteiger partial charge in [0.2, 0.25) is 0 Å². The average Bonchev–Trinajstić information content (AvgIpc) is 3.24. The van der Waals surface area contributed by atoms with Crippen LogP contribution in [0, 0.1) is 0 Å². The minimum Gasteiger partial charge on any atom is -0.459 e. The Labute approximate surface area is 202 Å². The van der Waals surface area contributed by atoms with Crippen LogP contribution >= 0.6 is 0 Å². The molecule has 0 amide bonds. The molecule has 1 saturated heterocycles. The molecular formula is C27H24O8. The van der Waals surface area contributed by atoms with Crippen LogP contribution in [0.4, 0.5) is 0 Å². The second kappa shape index (κ2) is 11.4. The number of carbonyl (C=O) groups excluding carboxylic acids is 3. The van der Waals surface area contributed by atoms with Crippen molar-refractivity contribution < 1.29 is 38.1 Å². The Balaban J connectivity index is 1.54. The Bertz CT molecular complexity index is 1130. The Hall–Kier alpha value is -4.01. The van der Waals surface area contributed by atoms with Gasteiger partial charge in [0.25, 0.3) is 0 Å². The summed E-state index contributed by atoms with van der Waals surface area (Å²) in [7, 11) is 1.38. The first-order valence-electron chi connectivity index (χ1n) is 11.0. The minimum absolute atomic E-state index is 0.250. The van der Waals surface area contributed by atoms with Crippen molar-refractivity contribution in [3.05, 3.63) is 108 Å². The summed E-state index contributed by atoms with van der Waals surface area (Å²) in [6.07, 6.45) is -4.17. The van der Waals surface area contributed by atoms with E-state index in [9.17, 15) is 14.4 Å². The van der Waals surface area contributed by atoms with Crippen LogP contribution in [0.2, 0.25) is 0 Å². The van der Waals surface area contributed by atoms with Gasteiger partial charge in [0.1, 0.15) is 12.7 Å². The molecule has 4 rings (SSSR count). The Morgan fingerprint density at radius 1 is 0.657 bits per heavy atom. The molecule has 3 aromatic carbocycles. The summed E-state index contributed by atoms with van der Waals surface area (Å²) in [5.74, 6) is -1.85. The standard InChI is InChI=1S/C27H24O8/c1-31-27-23(35-26(30)20-15-9-4-10-16-20)22(34-25(29)19-13-7-3-8-14-19)21(33-27)17-32-24(28)18-11-5-2-6-12-18/h2-16,21-23,27H,17H2,1H3/t21-,22?,23-,27?/m0/s1. The molecule has 0 radical (unpaired) electrons. The summed E-state index contributed by atoms with van der Waals surface area (Å²) in [4.78, 5) is 38.0. The lowest BCUT2D eigenvalue weighted by molar-refractivity contribution is -0.155. The van der Waals surface area contributed by atoms with Gasteiger partial charge in [-0.15, -0.1) is 0 Å². The zero-order chi connectivity index (χ0) is 24.6. The van der Waals surface area contributed by atoms with Crippen LogP contribution in [0.3, 0.4) is 0 Å². The highest BCUT2D eigenvalue weighted by atomic mass is 16.7. The number of methoxy groups -OCH3 is 1. The Morgan fingerprint density at radius 3 is 1.54 bits per heavy atom. The van der Waals surface area contributed by atoms with E-state index in [2.05, 4.69) is 0 Å². The fraction of sp³-hybridized carbons (Fsp3) is 0.222. The van der Waals surface area contributed by atoms with E-state index in [1.165, 1.54) is 7.11 Å². The maximum absolute atomic E-state index is 12.8. The molecule has 1 aliphatic rings. The van der Waals surface area contributed by atoms with Crippen molar-refractivity contribution in [2.24, 2.45) is 0 Å². The number of hydrogen-bond acceptors (Lipinski definition) is 8. The van der Waals surface area contributed by atoms with E-state index in [0.717, 1.165) is 0 Å². The van der Waals surface area contributed by atoms with Crippen molar-refractivity contribution in [1.82, 2.24) is 0 Å². The van der Waals surface area contributed by atoms with Crippen molar-refractivity contribution in [3.63, 3.8) is 0 Å². The molecule has 180 valence electrons. The third kappa shape index (κ3) is 5.92. The zero-order valence-electron chi connectivity index (χ0n) is 18.9. The van der Waals surface area contributed by atoms with Crippen LogP contribution in [0.1, 0.15) is 31.1 Å². The second-order valence-electron chi connectivity index (χ2n) is 7.72. The molecule has 1 fully saturated rings. The van der Waals surface area contributed by atoms with Gasteiger partial charge >= 0.3 is 17.9 Å². The molecule has 0 spiro atoms. The molecule has 0 aliphatic carbocycles. The van der Waals surface area contributed by atoms with Crippen molar-refractivity contribution >= 4 is 17.9 Å². The van der Waals surface area contributed by atoms with E-state index in [1.807, 2.05) is 0 Å². The highest BCUT2D eigenvalue weighted by Crippen LogP contribution is 2.29. The molecule has 1 heterocycles. The van der Waals surface area contributed by atoms with Crippen LogP contribution in [0.15, 0.2) is 91.0 Å². The van der Waals surface area contributed by atoms with Crippen molar-refractivity contribution in [3.8, 4) is 0 Å². The maximum atomic E-state index is 12.8. The molecule has 8 nitrogen and oxygen atoms in total. The van der Waals surface area contributed by atoms with Gasteiger partial charge in [0.05, 0.1) is 16.7 Å². The Morgan fingerprint density at radius 2 is 1.09 bits per heavy atom. The molecule has 35 heavy (non-hydrogen) atoms. The average molecular weight is 476 g/mol. The number of hydrogen-bond donors (Lipinski definition) is 0. The van der Waals surface area contributed by atoms with Gasteiger partial charge in [-0.25, -0.2) is 14.4 Å². The van der Waals surface area contributed by atoms with Gasteiger partial charge in [-0.1, -0.05) is 54.6 Å². The van der Waals surface area contributed by atoms with Crippen molar-refractivity contribution in [2.45, 2.75) is 24.6 Å². The molecule has 0 N–H and O–H groups in total. The number of benzene rings is 3. The monoisotopic (exact) mass is 476 g/mol. The van der Waals surface area contributed by atoms with Crippen LogP contribution in [-0.4, -0.2) is 56.2 Å². The van der Waals surface area contributed by atoms with Gasteiger partial charge in [0, 0.05) is 7.11 Å². The van der Waals surface area contributed by atoms with Crippen LogP contribution in [-0.2, 0) is 23.7 Å². The van der Waals surface area contributed by atoms with Gasteiger partial charge in [0.15, 0.2) is 18.5 Å². The first-order chi connectivity index (χ1) is 17.1. The number of carbonyl (C=O) groups is 3. The third-order valence-electron chi connectivity index (χ3n) is 5.39. The van der Waals surface area contributed by atoms with E-state index in [1.54, 1.807) is 91.0 Å². The number of ether oxygens (including phenoxy) is 5. The van der Waals surface area contributed by atoms with Gasteiger partial charge < -0.3 is 23.7 Å². The van der Waals surface area contributed by atoms with E-state index in [-0.39, 0.29) is 6.61 Å². The molecule has 1 aliphatic heterocycles. The lowest BCUT2D eigenvalue weighted by Gasteiger charge is -2.24. The van der Waals surface area contributed by atoms with E-state index in [4.69, 9.17) is 23.7 Å². The highest BCUT2D eigenvalue weighted by molar-refractivity contribution is 5.90. The fourth-order valence-corrected chi connectivity index (χ4v) is 3.63. The number of rotatable bonds is 8. The van der Waals surface area contributed by atoms with Crippen LogP contribution in [0.5, 0.6) is 0 Å². The molecule has 0 bridgehead atoms.